The third kappa shape index (κ3) is 3.71. The number of nitro benzene ring substituents is 1. The molecule has 1 aliphatic rings. The number of nitrogens with one attached hydrogen (secondary N) is 2. The standard InChI is InChI=1S/C18H20N4O3/c1-19-18(23)13-7-8-16(17(11-13)22(24)25)20-14-9-10-21(12-14)15-5-3-2-4-6-15/h2-8,11,14,20H,9-10,12H2,1H3,(H,19,23). The van der Waals surface area contributed by atoms with E-state index in [1.54, 1.807) is 12.1 Å². The third-order valence-corrected chi connectivity index (χ3v) is 4.35. The minimum absolute atomic E-state index is 0.0840. The number of carbonyl (C=O) groups is 1. The molecule has 0 aromatic heterocycles. The van der Waals surface area contributed by atoms with Gasteiger partial charge in [0.25, 0.3) is 11.6 Å². The molecule has 130 valence electrons. The Balaban J connectivity index is 1.75. The van der Waals surface area contributed by atoms with Crippen LogP contribution in [0.25, 0.3) is 0 Å². The Bertz CT molecular complexity index is 779. The highest BCUT2D eigenvalue weighted by atomic mass is 16.6. The minimum Gasteiger partial charge on any atom is -0.375 e. The lowest BCUT2D eigenvalue weighted by Gasteiger charge is -2.19. The molecule has 3 rings (SSSR count). The van der Waals surface area contributed by atoms with Gasteiger partial charge in [0.1, 0.15) is 5.69 Å². The Kier molecular flexibility index (Phi) is 4.83. The van der Waals surface area contributed by atoms with Crippen molar-refractivity contribution in [3.05, 3.63) is 64.2 Å². The molecule has 1 amide bonds. The first-order valence-corrected chi connectivity index (χ1v) is 8.15. The van der Waals surface area contributed by atoms with Gasteiger partial charge < -0.3 is 15.5 Å². The number of amides is 1. The maximum Gasteiger partial charge on any atom is 0.293 e. The molecule has 1 aliphatic heterocycles. The van der Waals surface area contributed by atoms with Crippen LogP contribution >= 0.6 is 0 Å². The summed E-state index contributed by atoms with van der Waals surface area (Å²) in [5, 5.41) is 17.1. The van der Waals surface area contributed by atoms with Crippen molar-refractivity contribution in [3.8, 4) is 0 Å². The van der Waals surface area contributed by atoms with Gasteiger partial charge in [-0.1, -0.05) is 18.2 Å². The van der Waals surface area contributed by atoms with Crippen molar-refractivity contribution < 1.29 is 9.72 Å². The average Bonchev–Trinajstić information content (AvgIpc) is 3.10. The molecule has 1 fully saturated rings. The SMILES string of the molecule is CNC(=O)c1ccc(NC2CCN(c3ccccc3)C2)c([N+](=O)[O-])c1. The molecule has 1 atom stereocenters. The van der Waals surface area contributed by atoms with Gasteiger partial charge in [0.05, 0.1) is 4.92 Å². The summed E-state index contributed by atoms with van der Waals surface area (Å²) in [6.45, 7) is 1.67. The van der Waals surface area contributed by atoms with Crippen LogP contribution in [0.2, 0.25) is 0 Å². The van der Waals surface area contributed by atoms with Crippen LogP contribution in [-0.4, -0.2) is 37.0 Å². The van der Waals surface area contributed by atoms with Gasteiger partial charge in [-0.25, -0.2) is 0 Å². The van der Waals surface area contributed by atoms with Crippen molar-refractivity contribution in [2.45, 2.75) is 12.5 Å². The maximum atomic E-state index is 11.7. The summed E-state index contributed by atoms with van der Waals surface area (Å²) in [4.78, 5) is 24.8. The zero-order valence-corrected chi connectivity index (χ0v) is 13.9. The van der Waals surface area contributed by atoms with Crippen molar-refractivity contribution in [2.75, 3.05) is 30.4 Å². The number of nitrogens with zero attached hydrogens (tertiary/aromatic N) is 2. The van der Waals surface area contributed by atoms with E-state index in [0.29, 0.717) is 5.69 Å². The van der Waals surface area contributed by atoms with E-state index in [1.165, 1.54) is 13.1 Å². The molecule has 1 heterocycles. The van der Waals surface area contributed by atoms with E-state index in [9.17, 15) is 14.9 Å². The van der Waals surface area contributed by atoms with Crippen LogP contribution in [0.5, 0.6) is 0 Å². The first-order valence-electron chi connectivity index (χ1n) is 8.15. The van der Waals surface area contributed by atoms with E-state index in [-0.39, 0.29) is 23.2 Å². The number of nitro groups is 1. The van der Waals surface area contributed by atoms with Crippen molar-refractivity contribution >= 4 is 23.0 Å². The second-order valence-corrected chi connectivity index (χ2v) is 5.98. The molecule has 2 N–H and O–H groups in total. The van der Waals surface area contributed by atoms with E-state index < -0.39 is 4.92 Å². The smallest absolute Gasteiger partial charge is 0.293 e. The van der Waals surface area contributed by atoms with Crippen LogP contribution in [0.3, 0.4) is 0 Å². The lowest BCUT2D eigenvalue weighted by molar-refractivity contribution is -0.384. The van der Waals surface area contributed by atoms with Crippen molar-refractivity contribution in [3.63, 3.8) is 0 Å². The van der Waals surface area contributed by atoms with E-state index in [1.807, 2.05) is 18.2 Å². The number of rotatable bonds is 5. The van der Waals surface area contributed by atoms with Gasteiger partial charge in [0, 0.05) is 43.5 Å². The van der Waals surface area contributed by atoms with E-state index in [4.69, 9.17) is 0 Å². The summed E-state index contributed by atoms with van der Waals surface area (Å²) in [5.74, 6) is -0.342. The quantitative estimate of drug-likeness (QED) is 0.645. The monoisotopic (exact) mass is 340 g/mol. The molecule has 7 nitrogen and oxygen atoms in total. The molecule has 0 spiro atoms. The highest BCUT2D eigenvalue weighted by Gasteiger charge is 2.25. The molecule has 2 aromatic rings. The Labute approximate surface area is 145 Å². The van der Waals surface area contributed by atoms with Crippen LogP contribution in [0.1, 0.15) is 16.8 Å². The highest BCUT2D eigenvalue weighted by Crippen LogP contribution is 2.29. The molecule has 2 aromatic carbocycles. The fourth-order valence-electron chi connectivity index (χ4n) is 3.06. The van der Waals surface area contributed by atoms with Crippen LogP contribution < -0.4 is 15.5 Å². The Hall–Kier alpha value is -3.09. The number of para-hydroxylation sites is 1. The molecule has 1 saturated heterocycles. The normalized spacial score (nSPS) is 16.5. The molecule has 0 saturated carbocycles. The molecule has 7 heteroatoms. The molecular formula is C18H20N4O3. The third-order valence-electron chi connectivity index (χ3n) is 4.35. The molecule has 25 heavy (non-hydrogen) atoms. The second kappa shape index (κ2) is 7.21. The predicted octanol–water partition coefficient (Wildman–Crippen LogP) is 2.65. The van der Waals surface area contributed by atoms with E-state index in [2.05, 4.69) is 27.7 Å². The van der Waals surface area contributed by atoms with Crippen LogP contribution in [-0.2, 0) is 0 Å². The first-order chi connectivity index (χ1) is 12.1. The number of hydrogen-bond donors (Lipinski definition) is 2. The fourth-order valence-corrected chi connectivity index (χ4v) is 3.06. The maximum absolute atomic E-state index is 11.7. The summed E-state index contributed by atoms with van der Waals surface area (Å²) in [7, 11) is 1.50. The lowest BCUT2D eigenvalue weighted by Crippen LogP contribution is -2.26. The fraction of sp³-hybridized carbons (Fsp3) is 0.278. The Morgan fingerprint density at radius 3 is 2.68 bits per heavy atom. The first kappa shape index (κ1) is 16.8. The Morgan fingerprint density at radius 1 is 1.24 bits per heavy atom. The van der Waals surface area contributed by atoms with Gasteiger partial charge in [-0.2, -0.15) is 0 Å². The minimum atomic E-state index is -0.460. The zero-order valence-electron chi connectivity index (χ0n) is 13.9. The molecule has 0 bridgehead atoms. The summed E-state index contributed by atoms with van der Waals surface area (Å²) in [6, 6.07) is 14.7. The van der Waals surface area contributed by atoms with Crippen LogP contribution in [0, 0.1) is 10.1 Å². The summed E-state index contributed by atoms with van der Waals surface area (Å²) >= 11 is 0. The molecular weight excluding hydrogens is 320 g/mol. The summed E-state index contributed by atoms with van der Waals surface area (Å²) in [5.41, 5.74) is 1.78. The van der Waals surface area contributed by atoms with Gasteiger partial charge in [-0.05, 0) is 30.7 Å². The second-order valence-electron chi connectivity index (χ2n) is 5.98. The zero-order chi connectivity index (χ0) is 17.8. The predicted molar refractivity (Wildman–Crippen MR) is 97.2 cm³/mol. The highest BCUT2D eigenvalue weighted by molar-refractivity contribution is 5.95. The van der Waals surface area contributed by atoms with Crippen molar-refractivity contribution in [1.82, 2.24) is 5.32 Å². The topological polar surface area (TPSA) is 87.5 Å². The molecule has 1 unspecified atom stereocenters. The average molecular weight is 340 g/mol. The number of anilines is 2. The van der Waals surface area contributed by atoms with Gasteiger partial charge in [0.15, 0.2) is 0 Å². The van der Waals surface area contributed by atoms with E-state index >= 15 is 0 Å². The van der Waals surface area contributed by atoms with Crippen molar-refractivity contribution in [1.29, 1.82) is 0 Å². The number of hydrogen-bond acceptors (Lipinski definition) is 5. The van der Waals surface area contributed by atoms with Crippen LogP contribution in [0.4, 0.5) is 17.1 Å². The summed E-state index contributed by atoms with van der Waals surface area (Å²) < 4.78 is 0. The van der Waals surface area contributed by atoms with E-state index in [0.717, 1.165) is 25.2 Å². The number of carbonyl (C=O) groups excluding carboxylic acids is 1. The van der Waals surface area contributed by atoms with Gasteiger partial charge in [-0.15, -0.1) is 0 Å². The lowest BCUT2D eigenvalue weighted by atomic mass is 10.1. The molecule has 0 aliphatic carbocycles. The number of benzene rings is 2. The van der Waals surface area contributed by atoms with Gasteiger partial charge in [-0.3, -0.25) is 14.9 Å². The van der Waals surface area contributed by atoms with Crippen molar-refractivity contribution in [2.24, 2.45) is 0 Å². The largest absolute Gasteiger partial charge is 0.375 e. The summed E-state index contributed by atoms with van der Waals surface area (Å²) in [6.07, 6.45) is 0.892. The molecule has 0 radical (unpaired) electrons. The Morgan fingerprint density at radius 2 is 2.00 bits per heavy atom. The van der Waals surface area contributed by atoms with Gasteiger partial charge >= 0.3 is 0 Å². The van der Waals surface area contributed by atoms with Crippen LogP contribution in [0.15, 0.2) is 48.5 Å². The van der Waals surface area contributed by atoms with Gasteiger partial charge in [0.2, 0.25) is 0 Å².